The Balaban J connectivity index is 1.88. The summed E-state index contributed by atoms with van der Waals surface area (Å²) in [5, 5.41) is 10.9. The fourth-order valence-electron chi connectivity index (χ4n) is 1.75. The van der Waals surface area contributed by atoms with Gasteiger partial charge in [-0.2, -0.15) is 5.10 Å². The van der Waals surface area contributed by atoms with Gasteiger partial charge in [0.15, 0.2) is 0 Å². The first kappa shape index (κ1) is 12.3. The van der Waals surface area contributed by atoms with Crippen LogP contribution in [-0.4, -0.2) is 48.7 Å². The van der Waals surface area contributed by atoms with E-state index in [1.807, 2.05) is 23.9 Å². The molecule has 0 bridgehead atoms. The Morgan fingerprint density at radius 3 is 3.06 bits per heavy atom. The maximum Gasteiger partial charge on any atom is 0.124 e. The fraction of sp³-hybridized carbons (Fsp3) is 0.727. The average molecular weight is 239 g/mol. The highest BCUT2D eigenvalue weighted by atomic mass is 16.5. The van der Waals surface area contributed by atoms with Crippen molar-refractivity contribution < 1.29 is 4.74 Å². The summed E-state index contributed by atoms with van der Waals surface area (Å²) in [6, 6.07) is 2.41. The van der Waals surface area contributed by atoms with Crippen LogP contribution in [0.5, 0.6) is 0 Å². The maximum atomic E-state index is 5.99. The monoisotopic (exact) mass is 239 g/mol. The molecule has 6 nitrogen and oxygen atoms in total. The Morgan fingerprint density at radius 1 is 1.71 bits per heavy atom. The second kappa shape index (κ2) is 5.48. The minimum absolute atomic E-state index is 0.0251. The van der Waals surface area contributed by atoms with Gasteiger partial charge in [0.25, 0.3) is 0 Å². The van der Waals surface area contributed by atoms with E-state index in [9.17, 15) is 0 Å². The van der Waals surface area contributed by atoms with E-state index in [2.05, 4.69) is 15.7 Å². The fourth-order valence-corrected chi connectivity index (χ4v) is 1.75. The van der Waals surface area contributed by atoms with E-state index >= 15 is 0 Å². The molecule has 6 heteroatoms. The Bertz CT molecular complexity index is 349. The minimum atomic E-state index is -0.0251. The number of nitrogens with one attached hydrogen (secondary N) is 2. The summed E-state index contributed by atoms with van der Waals surface area (Å²) in [6.45, 7) is 4.62. The zero-order valence-electron chi connectivity index (χ0n) is 10.4. The van der Waals surface area contributed by atoms with E-state index in [4.69, 9.17) is 10.5 Å². The van der Waals surface area contributed by atoms with Crippen LogP contribution in [0.3, 0.4) is 0 Å². The van der Waals surface area contributed by atoms with Crippen LogP contribution in [0, 0.1) is 0 Å². The number of nitrogens with two attached hydrogens (primary N) is 1. The van der Waals surface area contributed by atoms with Crippen LogP contribution in [0.15, 0.2) is 12.3 Å². The Labute approximate surface area is 102 Å². The van der Waals surface area contributed by atoms with Crippen molar-refractivity contribution in [3.8, 4) is 0 Å². The van der Waals surface area contributed by atoms with Gasteiger partial charge in [-0.25, -0.2) is 4.68 Å². The lowest BCUT2D eigenvalue weighted by Crippen LogP contribution is -2.45. The van der Waals surface area contributed by atoms with Gasteiger partial charge in [-0.1, -0.05) is 0 Å². The summed E-state index contributed by atoms with van der Waals surface area (Å²) in [5.41, 5.74) is 5.99. The number of methoxy groups -OCH3 is 1. The highest BCUT2D eigenvalue weighted by Gasteiger charge is 2.21. The molecule has 0 saturated carbocycles. The molecule has 1 saturated heterocycles. The molecule has 4 N–H and O–H groups in total. The van der Waals surface area contributed by atoms with Crippen molar-refractivity contribution in [3.05, 3.63) is 12.3 Å². The number of hydrogen-bond acceptors (Lipinski definition) is 5. The van der Waals surface area contributed by atoms with Crippen LogP contribution in [0.25, 0.3) is 0 Å². The first-order valence-electron chi connectivity index (χ1n) is 5.99. The molecule has 1 aliphatic heterocycles. The van der Waals surface area contributed by atoms with E-state index < -0.39 is 0 Å². The van der Waals surface area contributed by atoms with E-state index in [0.29, 0.717) is 12.6 Å². The van der Waals surface area contributed by atoms with Crippen molar-refractivity contribution >= 4 is 5.82 Å². The van der Waals surface area contributed by atoms with Crippen molar-refractivity contribution in [2.45, 2.75) is 25.1 Å². The summed E-state index contributed by atoms with van der Waals surface area (Å²) in [6.07, 6.45) is 1.86. The zero-order valence-corrected chi connectivity index (χ0v) is 10.4. The van der Waals surface area contributed by atoms with Gasteiger partial charge in [0.1, 0.15) is 5.82 Å². The molecule has 0 spiro atoms. The summed E-state index contributed by atoms with van der Waals surface area (Å²) < 4.78 is 7.21. The molecule has 96 valence electrons. The Morgan fingerprint density at radius 2 is 2.47 bits per heavy atom. The Kier molecular flexibility index (Phi) is 3.98. The van der Waals surface area contributed by atoms with Gasteiger partial charge in [-0.3, -0.25) is 0 Å². The van der Waals surface area contributed by atoms with Crippen molar-refractivity contribution in [2.24, 2.45) is 5.73 Å². The van der Waals surface area contributed by atoms with Crippen molar-refractivity contribution in [2.75, 3.05) is 32.1 Å². The molecule has 2 unspecified atom stereocenters. The second-order valence-corrected chi connectivity index (χ2v) is 4.46. The highest BCUT2D eigenvalue weighted by Crippen LogP contribution is 2.17. The predicted molar refractivity (Wildman–Crippen MR) is 67.1 cm³/mol. The van der Waals surface area contributed by atoms with Crippen molar-refractivity contribution in [1.29, 1.82) is 0 Å². The van der Waals surface area contributed by atoms with Crippen LogP contribution in [-0.2, 0) is 4.74 Å². The van der Waals surface area contributed by atoms with E-state index in [-0.39, 0.29) is 12.1 Å². The molecule has 2 heterocycles. The lowest BCUT2D eigenvalue weighted by molar-refractivity contribution is 0.0989. The van der Waals surface area contributed by atoms with Gasteiger partial charge in [0.2, 0.25) is 0 Å². The molecule has 17 heavy (non-hydrogen) atoms. The number of anilines is 1. The third-order valence-corrected chi connectivity index (χ3v) is 3.27. The van der Waals surface area contributed by atoms with Gasteiger partial charge in [-0.05, 0) is 6.92 Å². The molecular formula is C11H21N5O. The number of ether oxygens (including phenoxy) is 1. The molecular weight excluding hydrogens is 218 g/mol. The maximum absolute atomic E-state index is 5.99. The third kappa shape index (κ3) is 2.77. The van der Waals surface area contributed by atoms with Crippen LogP contribution >= 0.6 is 0 Å². The number of hydrogen-bond donors (Lipinski definition) is 3. The minimum Gasteiger partial charge on any atom is -0.380 e. The molecule has 1 aliphatic rings. The Hall–Kier alpha value is -1.11. The van der Waals surface area contributed by atoms with E-state index in [0.717, 1.165) is 18.9 Å². The summed E-state index contributed by atoms with van der Waals surface area (Å²) in [4.78, 5) is 0. The molecule has 2 rings (SSSR count). The van der Waals surface area contributed by atoms with Gasteiger partial charge in [0.05, 0.1) is 18.3 Å². The van der Waals surface area contributed by atoms with Crippen LogP contribution in [0.2, 0.25) is 0 Å². The lowest BCUT2D eigenvalue weighted by atomic mass is 10.2. The molecule has 0 amide bonds. The zero-order chi connectivity index (χ0) is 12.3. The van der Waals surface area contributed by atoms with Crippen LogP contribution in [0.1, 0.15) is 13.0 Å². The van der Waals surface area contributed by atoms with Crippen LogP contribution in [0.4, 0.5) is 5.82 Å². The average Bonchev–Trinajstić information content (AvgIpc) is 2.70. The summed E-state index contributed by atoms with van der Waals surface area (Å²) in [5.74, 6) is 1.02. The number of rotatable bonds is 6. The quantitative estimate of drug-likeness (QED) is 0.641. The van der Waals surface area contributed by atoms with E-state index in [1.54, 1.807) is 7.11 Å². The molecule has 1 aromatic rings. The largest absolute Gasteiger partial charge is 0.380 e. The lowest BCUT2D eigenvalue weighted by Gasteiger charge is -2.29. The first-order valence-corrected chi connectivity index (χ1v) is 5.99. The van der Waals surface area contributed by atoms with E-state index in [1.165, 1.54) is 0 Å². The SMILES string of the molecule is COC(C)C(N)CNc1ccnn1C1CNC1. The predicted octanol–water partition coefficient (Wildman–Crippen LogP) is -0.198. The van der Waals surface area contributed by atoms with Crippen LogP contribution < -0.4 is 16.4 Å². The smallest absolute Gasteiger partial charge is 0.124 e. The molecule has 0 radical (unpaired) electrons. The van der Waals surface area contributed by atoms with Gasteiger partial charge < -0.3 is 21.1 Å². The van der Waals surface area contributed by atoms with Crippen molar-refractivity contribution in [3.63, 3.8) is 0 Å². The normalized spacial score (nSPS) is 19.7. The van der Waals surface area contributed by atoms with Gasteiger partial charge in [-0.15, -0.1) is 0 Å². The summed E-state index contributed by atoms with van der Waals surface area (Å²) >= 11 is 0. The topological polar surface area (TPSA) is 77.1 Å². The molecule has 0 aliphatic carbocycles. The standard InChI is InChI=1S/C11H21N5O/c1-8(17-2)10(12)7-14-11-3-4-15-16(11)9-5-13-6-9/h3-4,8-10,13-14H,5-7,12H2,1-2H3. The first-order chi connectivity index (χ1) is 8.22. The second-order valence-electron chi connectivity index (χ2n) is 4.46. The molecule has 0 aromatic carbocycles. The highest BCUT2D eigenvalue weighted by molar-refractivity contribution is 5.35. The number of nitrogens with zero attached hydrogens (tertiary/aromatic N) is 2. The van der Waals surface area contributed by atoms with Gasteiger partial charge >= 0.3 is 0 Å². The third-order valence-electron chi connectivity index (χ3n) is 3.27. The molecule has 2 atom stereocenters. The van der Waals surface area contributed by atoms with Gasteiger partial charge in [0, 0.05) is 38.9 Å². The summed E-state index contributed by atoms with van der Waals surface area (Å²) in [7, 11) is 1.68. The number of aromatic nitrogens is 2. The molecule has 1 fully saturated rings. The van der Waals surface area contributed by atoms with Crippen molar-refractivity contribution in [1.82, 2.24) is 15.1 Å². The molecule has 1 aromatic heterocycles.